The molecular formula is C18H22N2O4. The summed E-state index contributed by atoms with van der Waals surface area (Å²) < 4.78 is 0. The van der Waals surface area contributed by atoms with Crippen molar-refractivity contribution in [1.29, 1.82) is 0 Å². The molecule has 0 spiro atoms. The van der Waals surface area contributed by atoms with Crippen LogP contribution in [0.15, 0.2) is 24.3 Å². The Bertz CT molecular complexity index is 666. The number of hydrogen-bond acceptors (Lipinski definition) is 3. The molecule has 3 rings (SSSR count). The largest absolute Gasteiger partial charge is 0.480 e. The van der Waals surface area contributed by atoms with E-state index in [2.05, 4.69) is 0 Å². The molecular weight excluding hydrogens is 308 g/mol. The normalized spacial score (nSPS) is 21.7. The molecule has 2 amide bonds. The van der Waals surface area contributed by atoms with Crippen LogP contribution in [-0.4, -0.2) is 46.4 Å². The lowest BCUT2D eigenvalue weighted by Gasteiger charge is -2.29. The van der Waals surface area contributed by atoms with Crippen LogP contribution in [0.1, 0.15) is 31.7 Å². The molecule has 1 saturated carbocycles. The van der Waals surface area contributed by atoms with E-state index in [1.807, 2.05) is 31.2 Å². The molecule has 0 bridgehead atoms. The molecule has 1 aliphatic carbocycles. The maximum Gasteiger partial charge on any atom is 0.326 e. The molecule has 1 aliphatic heterocycles. The summed E-state index contributed by atoms with van der Waals surface area (Å²) >= 11 is 0. The Labute approximate surface area is 141 Å². The SMILES string of the molecule is Cc1ccc(N2CC(C(=O)N(C3CC3)C(C)C(=O)O)CC2=O)cc1. The Balaban J connectivity index is 1.75. The van der Waals surface area contributed by atoms with Gasteiger partial charge in [0.15, 0.2) is 0 Å². The zero-order chi connectivity index (χ0) is 17.4. The highest BCUT2D eigenvalue weighted by atomic mass is 16.4. The second-order valence-electron chi connectivity index (χ2n) is 6.73. The lowest BCUT2D eigenvalue weighted by atomic mass is 10.1. The monoisotopic (exact) mass is 330 g/mol. The first-order valence-corrected chi connectivity index (χ1v) is 8.30. The van der Waals surface area contributed by atoms with Gasteiger partial charge in [0.25, 0.3) is 0 Å². The molecule has 24 heavy (non-hydrogen) atoms. The quantitative estimate of drug-likeness (QED) is 0.893. The van der Waals surface area contributed by atoms with E-state index in [0.717, 1.165) is 24.1 Å². The first-order valence-electron chi connectivity index (χ1n) is 8.30. The number of benzene rings is 1. The van der Waals surface area contributed by atoms with Crippen molar-refractivity contribution in [2.75, 3.05) is 11.4 Å². The van der Waals surface area contributed by atoms with Crippen molar-refractivity contribution in [3.63, 3.8) is 0 Å². The zero-order valence-corrected chi connectivity index (χ0v) is 13.9. The van der Waals surface area contributed by atoms with Crippen LogP contribution in [-0.2, 0) is 14.4 Å². The fourth-order valence-electron chi connectivity index (χ4n) is 3.22. The summed E-state index contributed by atoms with van der Waals surface area (Å²) in [4.78, 5) is 39.6. The average Bonchev–Trinajstić information content (AvgIpc) is 3.29. The first-order chi connectivity index (χ1) is 11.4. The molecule has 2 fully saturated rings. The fraction of sp³-hybridized carbons (Fsp3) is 0.500. The third-order valence-corrected chi connectivity index (χ3v) is 4.79. The maximum absolute atomic E-state index is 12.8. The molecule has 2 aliphatic rings. The molecule has 0 radical (unpaired) electrons. The van der Waals surface area contributed by atoms with E-state index in [4.69, 9.17) is 0 Å². The second kappa shape index (κ2) is 6.26. The molecule has 1 heterocycles. The summed E-state index contributed by atoms with van der Waals surface area (Å²) in [5.41, 5.74) is 1.89. The van der Waals surface area contributed by atoms with Gasteiger partial charge in [-0.05, 0) is 38.8 Å². The minimum Gasteiger partial charge on any atom is -0.480 e. The van der Waals surface area contributed by atoms with E-state index in [-0.39, 0.29) is 24.3 Å². The van der Waals surface area contributed by atoms with Gasteiger partial charge in [0.1, 0.15) is 6.04 Å². The van der Waals surface area contributed by atoms with Crippen molar-refractivity contribution in [3.05, 3.63) is 29.8 Å². The minimum absolute atomic E-state index is 0.00660. The lowest BCUT2D eigenvalue weighted by Crippen LogP contribution is -2.47. The van der Waals surface area contributed by atoms with Crippen molar-refractivity contribution < 1.29 is 19.5 Å². The Morgan fingerprint density at radius 1 is 1.25 bits per heavy atom. The summed E-state index contributed by atoms with van der Waals surface area (Å²) in [5, 5.41) is 9.26. The molecule has 128 valence electrons. The fourth-order valence-corrected chi connectivity index (χ4v) is 3.22. The molecule has 0 aromatic heterocycles. The van der Waals surface area contributed by atoms with Crippen molar-refractivity contribution in [2.24, 2.45) is 5.92 Å². The number of anilines is 1. The van der Waals surface area contributed by atoms with E-state index < -0.39 is 17.9 Å². The molecule has 6 heteroatoms. The van der Waals surface area contributed by atoms with Crippen LogP contribution in [0.4, 0.5) is 5.69 Å². The van der Waals surface area contributed by atoms with Crippen LogP contribution in [0.5, 0.6) is 0 Å². The first kappa shape index (κ1) is 16.5. The van der Waals surface area contributed by atoms with Crippen LogP contribution in [0.3, 0.4) is 0 Å². The standard InChI is InChI=1S/C18H22N2O4/c1-11-3-5-14(6-4-11)19-10-13(9-16(19)21)17(22)20(15-7-8-15)12(2)18(23)24/h3-6,12-13,15H,7-10H2,1-2H3,(H,23,24). The smallest absolute Gasteiger partial charge is 0.326 e. The zero-order valence-electron chi connectivity index (χ0n) is 13.9. The van der Waals surface area contributed by atoms with Gasteiger partial charge in [0.05, 0.1) is 5.92 Å². The van der Waals surface area contributed by atoms with Crippen LogP contribution < -0.4 is 4.90 Å². The van der Waals surface area contributed by atoms with Crippen molar-refractivity contribution in [1.82, 2.24) is 4.90 Å². The Hall–Kier alpha value is -2.37. The Morgan fingerprint density at radius 2 is 1.88 bits per heavy atom. The van der Waals surface area contributed by atoms with Gasteiger partial charge in [0.2, 0.25) is 11.8 Å². The predicted octanol–water partition coefficient (Wildman–Crippen LogP) is 1.81. The Morgan fingerprint density at radius 3 is 2.42 bits per heavy atom. The highest BCUT2D eigenvalue weighted by Gasteiger charge is 2.44. The highest BCUT2D eigenvalue weighted by Crippen LogP contribution is 2.33. The molecule has 1 aromatic carbocycles. The predicted molar refractivity (Wildman–Crippen MR) is 88.6 cm³/mol. The summed E-state index contributed by atoms with van der Waals surface area (Å²) in [7, 11) is 0. The van der Waals surface area contributed by atoms with Crippen LogP contribution in [0.25, 0.3) is 0 Å². The molecule has 6 nitrogen and oxygen atoms in total. The number of rotatable bonds is 5. The number of hydrogen-bond donors (Lipinski definition) is 1. The molecule has 1 saturated heterocycles. The number of carboxylic acids is 1. The van der Waals surface area contributed by atoms with E-state index in [1.165, 1.54) is 11.8 Å². The van der Waals surface area contributed by atoms with Gasteiger partial charge in [-0.1, -0.05) is 17.7 Å². The van der Waals surface area contributed by atoms with Gasteiger partial charge in [-0.25, -0.2) is 4.79 Å². The van der Waals surface area contributed by atoms with Crippen molar-refractivity contribution in [3.8, 4) is 0 Å². The topological polar surface area (TPSA) is 77.9 Å². The molecule has 2 atom stereocenters. The Kier molecular flexibility index (Phi) is 4.30. The third kappa shape index (κ3) is 3.13. The molecule has 2 unspecified atom stereocenters. The van der Waals surface area contributed by atoms with Crippen molar-refractivity contribution in [2.45, 2.75) is 45.2 Å². The molecule has 1 aromatic rings. The van der Waals surface area contributed by atoms with Gasteiger partial charge in [0, 0.05) is 24.7 Å². The van der Waals surface area contributed by atoms with Gasteiger partial charge < -0.3 is 14.9 Å². The number of nitrogens with zero attached hydrogens (tertiary/aromatic N) is 2. The van der Waals surface area contributed by atoms with Gasteiger partial charge in [-0.15, -0.1) is 0 Å². The van der Waals surface area contributed by atoms with E-state index >= 15 is 0 Å². The highest BCUT2D eigenvalue weighted by molar-refractivity contribution is 6.00. The molecule has 1 N–H and O–H groups in total. The lowest BCUT2D eigenvalue weighted by molar-refractivity contribution is -0.151. The number of carboxylic acid groups (broad SMARTS) is 1. The van der Waals surface area contributed by atoms with Crippen LogP contribution in [0.2, 0.25) is 0 Å². The van der Waals surface area contributed by atoms with Gasteiger partial charge >= 0.3 is 5.97 Å². The summed E-state index contributed by atoms with van der Waals surface area (Å²) in [6.45, 7) is 3.83. The number of carbonyl (C=O) groups is 3. The number of aryl methyl sites for hydroxylation is 1. The van der Waals surface area contributed by atoms with Gasteiger partial charge in [-0.3, -0.25) is 9.59 Å². The average molecular weight is 330 g/mol. The maximum atomic E-state index is 12.8. The van der Waals surface area contributed by atoms with Crippen LogP contribution in [0, 0.1) is 12.8 Å². The van der Waals surface area contributed by atoms with Gasteiger partial charge in [-0.2, -0.15) is 0 Å². The number of aliphatic carboxylic acids is 1. The van der Waals surface area contributed by atoms with E-state index in [1.54, 1.807) is 4.90 Å². The third-order valence-electron chi connectivity index (χ3n) is 4.79. The minimum atomic E-state index is -1.00. The summed E-state index contributed by atoms with van der Waals surface area (Å²) in [5.74, 6) is -1.78. The van der Waals surface area contributed by atoms with Crippen molar-refractivity contribution >= 4 is 23.5 Å². The van der Waals surface area contributed by atoms with E-state index in [9.17, 15) is 19.5 Å². The number of amides is 2. The second-order valence-corrected chi connectivity index (χ2v) is 6.73. The van der Waals surface area contributed by atoms with Crippen LogP contribution >= 0.6 is 0 Å². The van der Waals surface area contributed by atoms with E-state index in [0.29, 0.717) is 6.54 Å². The summed E-state index contributed by atoms with van der Waals surface area (Å²) in [6.07, 6.45) is 1.82. The number of carbonyl (C=O) groups excluding carboxylic acids is 2. The summed E-state index contributed by atoms with van der Waals surface area (Å²) in [6, 6.07) is 6.76.